The molecule has 13 heteroatoms. The minimum Gasteiger partial charge on any atom is -0.460 e. The second-order valence-corrected chi connectivity index (χ2v) is 17.0. The normalized spacial score (nSPS) is 59.3. The SMILES string of the molecule is CC(=O)O[C@@H]1C[C@]2(O)[C@H](O)C[C@H]3[C@@H]4CC5O[C@]6(C[C@H](O)[C@@H](C)CO6)C(C)C5[C@@]4(C)CC[C@@H]3[C@@]2(C)C[C@H]1O[C@@H]1O[C@H](CO)[C@@H](O)[C@H](O)[C@H]1O. The predicted octanol–water partition coefficient (Wildman–Crippen LogP) is 0.216. The maximum atomic E-state index is 12.4. The number of hydrogen-bond donors (Lipinski definition) is 7. The van der Waals surface area contributed by atoms with Gasteiger partial charge >= 0.3 is 5.97 Å². The third-order valence-corrected chi connectivity index (χ3v) is 14.7. The summed E-state index contributed by atoms with van der Waals surface area (Å²) in [7, 11) is 0. The fourth-order valence-electron chi connectivity index (χ4n) is 12.1. The van der Waals surface area contributed by atoms with Crippen LogP contribution in [0.2, 0.25) is 0 Å². The molecular weight excluding hydrogens is 628 g/mol. The maximum absolute atomic E-state index is 12.4. The van der Waals surface area contributed by atoms with Gasteiger partial charge in [-0.25, -0.2) is 0 Å². The van der Waals surface area contributed by atoms with Gasteiger partial charge in [0.25, 0.3) is 0 Å². The lowest BCUT2D eigenvalue weighted by molar-refractivity contribution is -0.340. The van der Waals surface area contributed by atoms with Crippen LogP contribution in [0.5, 0.6) is 0 Å². The minimum atomic E-state index is -1.64. The van der Waals surface area contributed by atoms with E-state index in [0.29, 0.717) is 19.4 Å². The second kappa shape index (κ2) is 12.0. The van der Waals surface area contributed by atoms with Crippen LogP contribution in [0.4, 0.5) is 0 Å². The number of aliphatic hydroxyl groups excluding tert-OH is 6. The number of aliphatic hydroxyl groups is 7. The molecular formula is C35H56O13. The van der Waals surface area contributed by atoms with Crippen molar-refractivity contribution in [2.24, 2.45) is 46.3 Å². The standard InChI is InChI=1S/C35H56O13/c1-15-14-44-35(10-21(15)38)16(2)27-22(48-35)9-20-18-8-26(39)34(43)12-24(45-17(3)37)23(11-33(34,5)19(18)6-7-32(20,27)4)46-31-30(42)29(41)28(40)25(13-36)47-31/h15-16,18-31,36,38-43H,6-14H2,1-5H3/t15-,16?,18+,19-,20-,21-,22?,23+,24+,25+,26+,27?,28+,29-,30+,31+,32-,33+,34-,35+/m0/s1. The van der Waals surface area contributed by atoms with Crippen molar-refractivity contribution in [3.8, 4) is 0 Å². The average molecular weight is 685 g/mol. The van der Waals surface area contributed by atoms with Crippen molar-refractivity contribution < 1.29 is 64.2 Å². The van der Waals surface area contributed by atoms with E-state index in [9.17, 15) is 40.5 Å². The highest BCUT2D eigenvalue weighted by Crippen LogP contribution is 2.72. The van der Waals surface area contributed by atoms with Gasteiger partial charge in [-0.1, -0.05) is 27.7 Å². The summed E-state index contributed by atoms with van der Waals surface area (Å²) in [5.41, 5.74) is -2.58. The fraction of sp³-hybridized carbons (Fsp3) is 0.971. The van der Waals surface area contributed by atoms with E-state index in [1.165, 1.54) is 6.92 Å². The van der Waals surface area contributed by atoms with Gasteiger partial charge in [0.1, 0.15) is 30.5 Å². The number of rotatable bonds is 4. The van der Waals surface area contributed by atoms with Crippen molar-refractivity contribution in [1.29, 1.82) is 0 Å². The first-order chi connectivity index (χ1) is 22.5. The van der Waals surface area contributed by atoms with Crippen molar-refractivity contribution in [1.82, 2.24) is 0 Å². The lowest BCUT2D eigenvalue weighted by atomic mass is 9.42. The number of hydrogen-bond acceptors (Lipinski definition) is 13. The Hall–Kier alpha value is -0.970. The molecule has 20 atom stereocenters. The number of fused-ring (bicyclic) bond motifs is 7. The van der Waals surface area contributed by atoms with E-state index in [2.05, 4.69) is 13.8 Å². The van der Waals surface area contributed by atoms with Crippen LogP contribution in [-0.4, -0.2) is 128 Å². The molecule has 3 heterocycles. The Labute approximate surface area is 281 Å². The zero-order valence-corrected chi connectivity index (χ0v) is 28.7. The Morgan fingerprint density at radius 2 is 1.67 bits per heavy atom. The summed E-state index contributed by atoms with van der Waals surface area (Å²) < 4.78 is 30.8. The number of ether oxygens (including phenoxy) is 5. The van der Waals surface area contributed by atoms with Gasteiger partial charge in [-0.05, 0) is 61.2 Å². The Bertz CT molecular complexity index is 1230. The van der Waals surface area contributed by atoms with Crippen molar-refractivity contribution in [2.45, 2.75) is 152 Å². The van der Waals surface area contributed by atoms with Gasteiger partial charge in [-0.3, -0.25) is 4.79 Å². The van der Waals surface area contributed by atoms with E-state index in [1.54, 1.807) is 0 Å². The number of esters is 1. The second-order valence-electron chi connectivity index (χ2n) is 17.0. The topological polar surface area (TPSA) is 205 Å². The van der Waals surface area contributed by atoms with Gasteiger partial charge in [0, 0.05) is 37.0 Å². The van der Waals surface area contributed by atoms with Crippen molar-refractivity contribution in [3.05, 3.63) is 0 Å². The number of carbonyl (C=O) groups excluding carboxylic acids is 1. The van der Waals surface area contributed by atoms with E-state index in [4.69, 9.17) is 23.7 Å². The molecule has 48 heavy (non-hydrogen) atoms. The van der Waals surface area contributed by atoms with Crippen molar-refractivity contribution in [3.63, 3.8) is 0 Å². The molecule has 0 bridgehead atoms. The van der Waals surface area contributed by atoms with Crippen LogP contribution in [0.25, 0.3) is 0 Å². The van der Waals surface area contributed by atoms with Gasteiger partial charge < -0.3 is 59.4 Å². The van der Waals surface area contributed by atoms with Gasteiger partial charge in [0.15, 0.2) is 12.1 Å². The van der Waals surface area contributed by atoms with Crippen LogP contribution in [0.3, 0.4) is 0 Å². The molecule has 0 amide bonds. The van der Waals surface area contributed by atoms with Crippen molar-refractivity contribution in [2.75, 3.05) is 13.2 Å². The molecule has 7 fully saturated rings. The summed E-state index contributed by atoms with van der Waals surface area (Å²) in [6.07, 6.45) is -7.55. The molecule has 274 valence electrons. The molecule has 4 saturated carbocycles. The summed E-state index contributed by atoms with van der Waals surface area (Å²) in [6.45, 7) is 9.60. The average Bonchev–Trinajstić information content (AvgIpc) is 3.46. The summed E-state index contributed by atoms with van der Waals surface area (Å²) in [4.78, 5) is 12.2. The van der Waals surface area contributed by atoms with Gasteiger partial charge in [0.05, 0.1) is 43.2 Å². The van der Waals surface area contributed by atoms with Gasteiger partial charge in [-0.2, -0.15) is 0 Å². The summed E-state index contributed by atoms with van der Waals surface area (Å²) >= 11 is 0. The van der Waals surface area contributed by atoms with Crippen LogP contribution < -0.4 is 0 Å². The van der Waals surface area contributed by atoms with Crippen LogP contribution in [0.1, 0.15) is 79.6 Å². The Kier molecular flexibility index (Phi) is 8.89. The van der Waals surface area contributed by atoms with Crippen LogP contribution in [-0.2, 0) is 28.5 Å². The molecule has 0 aromatic heterocycles. The largest absolute Gasteiger partial charge is 0.460 e. The van der Waals surface area contributed by atoms with Gasteiger partial charge in [-0.15, -0.1) is 0 Å². The molecule has 7 N–H and O–H groups in total. The van der Waals surface area contributed by atoms with E-state index in [0.717, 1.165) is 19.3 Å². The zero-order chi connectivity index (χ0) is 34.7. The monoisotopic (exact) mass is 684 g/mol. The molecule has 3 aliphatic heterocycles. The lowest BCUT2D eigenvalue weighted by Crippen LogP contribution is -2.71. The summed E-state index contributed by atoms with van der Waals surface area (Å²) in [5.74, 6) is -0.778. The van der Waals surface area contributed by atoms with E-state index in [1.807, 2.05) is 13.8 Å². The first kappa shape index (κ1) is 35.4. The van der Waals surface area contributed by atoms with Crippen LogP contribution >= 0.6 is 0 Å². The third-order valence-electron chi connectivity index (χ3n) is 14.7. The highest BCUT2D eigenvalue weighted by molar-refractivity contribution is 5.66. The van der Waals surface area contributed by atoms with E-state index in [-0.39, 0.29) is 59.9 Å². The summed E-state index contributed by atoms with van der Waals surface area (Å²) in [5, 5.41) is 76.3. The quantitative estimate of drug-likeness (QED) is 0.157. The molecule has 0 radical (unpaired) electrons. The maximum Gasteiger partial charge on any atom is 0.302 e. The fourth-order valence-corrected chi connectivity index (χ4v) is 12.1. The molecule has 1 spiro atoms. The zero-order valence-electron chi connectivity index (χ0n) is 28.7. The van der Waals surface area contributed by atoms with E-state index >= 15 is 0 Å². The van der Waals surface area contributed by atoms with Gasteiger partial charge in [0.2, 0.25) is 0 Å². The Morgan fingerprint density at radius 3 is 2.33 bits per heavy atom. The first-order valence-electron chi connectivity index (χ1n) is 18.0. The predicted molar refractivity (Wildman–Crippen MR) is 166 cm³/mol. The minimum absolute atomic E-state index is 0.0140. The number of carbonyl (C=O) groups is 1. The third kappa shape index (κ3) is 5.01. The molecule has 3 unspecified atom stereocenters. The highest BCUT2D eigenvalue weighted by atomic mass is 16.7. The molecule has 13 nitrogen and oxygen atoms in total. The highest BCUT2D eigenvalue weighted by Gasteiger charge is 2.73. The molecule has 0 aromatic rings. The smallest absolute Gasteiger partial charge is 0.302 e. The molecule has 3 saturated heterocycles. The van der Waals surface area contributed by atoms with Crippen LogP contribution in [0.15, 0.2) is 0 Å². The molecule has 7 aliphatic rings. The first-order valence-corrected chi connectivity index (χ1v) is 18.0. The molecule has 0 aromatic carbocycles. The van der Waals surface area contributed by atoms with Crippen LogP contribution in [0, 0.1) is 46.3 Å². The lowest BCUT2D eigenvalue weighted by Gasteiger charge is -2.66. The Balaban J connectivity index is 1.16. The summed E-state index contributed by atoms with van der Waals surface area (Å²) in [6, 6.07) is 0. The molecule has 4 aliphatic carbocycles. The Morgan fingerprint density at radius 1 is 0.938 bits per heavy atom. The van der Waals surface area contributed by atoms with Crippen molar-refractivity contribution >= 4 is 5.97 Å². The van der Waals surface area contributed by atoms with E-state index < -0.39 is 84.5 Å². The molecule has 7 rings (SSSR count).